The van der Waals surface area contributed by atoms with Crippen LogP contribution in [0.4, 0.5) is 5.82 Å². The molecule has 0 unspecified atom stereocenters. The summed E-state index contributed by atoms with van der Waals surface area (Å²) in [7, 11) is 4.83. The third kappa shape index (κ3) is 3.98. The average molecular weight is 409 g/mol. The quantitative estimate of drug-likeness (QED) is 0.587. The van der Waals surface area contributed by atoms with Gasteiger partial charge in [-0.2, -0.15) is 5.10 Å². The second-order valence-corrected chi connectivity index (χ2v) is 7.26. The first kappa shape index (κ1) is 20.2. The molecule has 1 aliphatic heterocycles. The second-order valence-electron chi connectivity index (χ2n) is 7.26. The van der Waals surface area contributed by atoms with Gasteiger partial charge in [-0.05, 0) is 24.5 Å². The fraction of sp³-hybridized carbons (Fsp3) is 0.391. The fourth-order valence-electron chi connectivity index (χ4n) is 3.94. The van der Waals surface area contributed by atoms with Gasteiger partial charge in [-0.1, -0.05) is 30.3 Å². The van der Waals surface area contributed by atoms with E-state index in [2.05, 4.69) is 27.2 Å². The summed E-state index contributed by atoms with van der Waals surface area (Å²) in [6, 6.07) is 12.2. The lowest BCUT2D eigenvalue weighted by Gasteiger charge is -2.33. The molecular weight excluding hydrogens is 382 g/mol. The highest BCUT2D eigenvalue weighted by atomic mass is 16.5. The Morgan fingerprint density at radius 2 is 1.67 bits per heavy atom. The maximum atomic E-state index is 6.12. The molecule has 3 aromatic rings. The number of benzene rings is 2. The first-order valence-electron chi connectivity index (χ1n) is 10.1. The van der Waals surface area contributed by atoms with Crippen LogP contribution < -0.4 is 19.1 Å². The molecule has 7 heteroatoms. The van der Waals surface area contributed by atoms with E-state index in [0.29, 0.717) is 23.9 Å². The van der Waals surface area contributed by atoms with Crippen LogP contribution in [0.3, 0.4) is 0 Å². The largest absolute Gasteiger partial charge is 0.493 e. The number of hydrogen-bond acceptors (Lipinski definition) is 7. The van der Waals surface area contributed by atoms with Crippen molar-refractivity contribution in [1.29, 1.82) is 0 Å². The van der Waals surface area contributed by atoms with Gasteiger partial charge in [-0.25, -0.2) is 0 Å². The zero-order valence-electron chi connectivity index (χ0n) is 17.6. The van der Waals surface area contributed by atoms with Gasteiger partial charge in [-0.15, -0.1) is 5.10 Å². The first-order chi connectivity index (χ1) is 14.7. The molecule has 1 saturated heterocycles. The number of aromatic nitrogens is 2. The molecule has 1 fully saturated rings. The average Bonchev–Trinajstić information content (AvgIpc) is 2.82. The van der Waals surface area contributed by atoms with Crippen LogP contribution in [0.1, 0.15) is 18.4 Å². The Morgan fingerprint density at radius 1 is 0.933 bits per heavy atom. The molecular formula is C23H27N3O4. The molecule has 0 radical (unpaired) electrons. The van der Waals surface area contributed by atoms with Gasteiger partial charge in [0.1, 0.15) is 0 Å². The molecule has 2 aromatic carbocycles. The number of rotatable bonds is 7. The number of nitrogens with zero attached hydrogens (tertiary/aromatic N) is 3. The van der Waals surface area contributed by atoms with E-state index in [9.17, 15) is 0 Å². The summed E-state index contributed by atoms with van der Waals surface area (Å²) in [5, 5.41) is 10.4. The van der Waals surface area contributed by atoms with E-state index in [1.54, 1.807) is 27.5 Å². The van der Waals surface area contributed by atoms with Crippen molar-refractivity contribution in [2.24, 2.45) is 0 Å². The predicted octanol–water partition coefficient (Wildman–Crippen LogP) is 3.84. The minimum absolute atomic E-state index is 0.244. The van der Waals surface area contributed by atoms with Gasteiger partial charge in [0.25, 0.3) is 0 Å². The molecule has 30 heavy (non-hydrogen) atoms. The zero-order chi connectivity index (χ0) is 20.9. The Labute approximate surface area is 176 Å². The van der Waals surface area contributed by atoms with E-state index in [1.807, 2.05) is 24.3 Å². The number of methoxy groups -OCH3 is 3. The Kier molecular flexibility index (Phi) is 6.18. The van der Waals surface area contributed by atoms with Crippen molar-refractivity contribution in [3.05, 3.63) is 48.2 Å². The lowest BCUT2D eigenvalue weighted by Crippen LogP contribution is -2.37. The van der Waals surface area contributed by atoms with Gasteiger partial charge in [0.05, 0.1) is 45.6 Å². The minimum Gasteiger partial charge on any atom is -0.493 e. The van der Waals surface area contributed by atoms with E-state index in [1.165, 1.54) is 5.56 Å². The van der Waals surface area contributed by atoms with Gasteiger partial charge in [0.15, 0.2) is 17.3 Å². The Morgan fingerprint density at radius 3 is 2.33 bits per heavy atom. The molecule has 2 heterocycles. The summed E-state index contributed by atoms with van der Waals surface area (Å²) < 4.78 is 22.8. The van der Waals surface area contributed by atoms with Crippen molar-refractivity contribution in [1.82, 2.24) is 10.2 Å². The van der Waals surface area contributed by atoms with Gasteiger partial charge in [0, 0.05) is 18.5 Å². The highest BCUT2D eigenvalue weighted by Gasteiger charge is 2.25. The van der Waals surface area contributed by atoms with Crippen molar-refractivity contribution in [3.63, 3.8) is 0 Å². The summed E-state index contributed by atoms with van der Waals surface area (Å²) in [6.07, 6.45) is 3.83. The third-order valence-electron chi connectivity index (χ3n) is 5.52. The van der Waals surface area contributed by atoms with Crippen LogP contribution in [-0.2, 0) is 11.3 Å². The molecule has 4 rings (SSSR count). The number of anilines is 1. The highest BCUT2D eigenvalue weighted by molar-refractivity contribution is 5.99. The van der Waals surface area contributed by atoms with Crippen molar-refractivity contribution in [3.8, 4) is 17.2 Å². The maximum Gasteiger partial charge on any atom is 0.204 e. The lowest BCUT2D eigenvalue weighted by molar-refractivity contribution is 0.0251. The maximum absolute atomic E-state index is 6.12. The van der Waals surface area contributed by atoms with Crippen molar-refractivity contribution < 1.29 is 18.9 Å². The van der Waals surface area contributed by atoms with Gasteiger partial charge < -0.3 is 23.8 Å². The smallest absolute Gasteiger partial charge is 0.204 e. The summed E-state index contributed by atoms with van der Waals surface area (Å²) in [4.78, 5) is 2.25. The van der Waals surface area contributed by atoms with Gasteiger partial charge in [-0.3, -0.25) is 0 Å². The zero-order valence-corrected chi connectivity index (χ0v) is 17.6. The number of piperidine rings is 1. The molecule has 0 saturated carbocycles. The topological polar surface area (TPSA) is 65.9 Å². The molecule has 1 aromatic heterocycles. The first-order valence-corrected chi connectivity index (χ1v) is 10.1. The molecule has 158 valence electrons. The molecule has 0 spiro atoms. The molecule has 0 amide bonds. The summed E-state index contributed by atoms with van der Waals surface area (Å²) in [5.74, 6) is 2.59. The standard InChI is InChI=1S/C23H27N3O4/c1-27-20-13-18-19(21(28-2)22(20)29-3)14-24-25-23(18)26-11-9-17(10-12-26)30-15-16-7-5-4-6-8-16/h4-8,13-14,17H,9-12,15H2,1-3H3. The van der Waals surface area contributed by atoms with Crippen LogP contribution in [0.25, 0.3) is 10.8 Å². The van der Waals surface area contributed by atoms with Crippen molar-refractivity contribution >= 4 is 16.6 Å². The van der Waals surface area contributed by atoms with Crippen LogP contribution in [0.15, 0.2) is 42.6 Å². The number of hydrogen-bond donors (Lipinski definition) is 0. The molecule has 0 N–H and O–H groups in total. The van der Waals surface area contributed by atoms with E-state index < -0.39 is 0 Å². The Bertz CT molecular complexity index is 989. The molecule has 1 aliphatic rings. The van der Waals surface area contributed by atoms with Crippen LogP contribution in [0.2, 0.25) is 0 Å². The SMILES string of the molecule is COc1cc2c(N3CCC(OCc4ccccc4)CC3)nncc2c(OC)c1OC. The summed E-state index contributed by atoms with van der Waals surface area (Å²) >= 11 is 0. The van der Waals surface area contributed by atoms with Crippen LogP contribution in [0, 0.1) is 0 Å². The van der Waals surface area contributed by atoms with E-state index in [-0.39, 0.29) is 6.10 Å². The Hall–Kier alpha value is -3.06. The van der Waals surface area contributed by atoms with Crippen LogP contribution in [-0.4, -0.2) is 50.7 Å². The monoisotopic (exact) mass is 409 g/mol. The lowest BCUT2D eigenvalue weighted by atomic mass is 10.1. The second kappa shape index (κ2) is 9.17. The third-order valence-corrected chi connectivity index (χ3v) is 5.52. The van der Waals surface area contributed by atoms with E-state index in [4.69, 9.17) is 18.9 Å². The van der Waals surface area contributed by atoms with Gasteiger partial charge >= 0.3 is 0 Å². The molecule has 0 atom stereocenters. The minimum atomic E-state index is 0.244. The number of fused-ring (bicyclic) bond motifs is 1. The number of ether oxygens (including phenoxy) is 4. The van der Waals surface area contributed by atoms with E-state index in [0.717, 1.165) is 42.5 Å². The van der Waals surface area contributed by atoms with Crippen LogP contribution >= 0.6 is 0 Å². The normalized spacial score (nSPS) is 14.7. The highest BCUT2D eigenvalue weighted by Crippen LogP contribution is 2.45. The fourth-order valence-corrected chi connectivity index (χ4v) is 3.94. The Balaban J connectivity index is 1.53. The molecule has 7 nitrogen and oxygen atoms in total. The summed E-state index contributed by atoms with van der Waals surface area (Å²) in [5.41, 5.74) is 1.20. The summed E-state index contributed by atoms with van der Waals surface area (Å²) in [6.45, 7) is 2.35. The van der Waals surface area contributed by atoms with Crippen LogP contribution in [0.5, 0.6) is 17.2 Å². The van der Waals surface area contributed by atoms with E-state index >= 15 is 0 Å². The molecule has 0 aliphatic carbocycles. The predicted molar refractivity (Wildman–Crippen MR) is 116 cm³/mol. The molecule has 0 bridgehead atoms. The van der Waals surface area contributed by atoms with Crippen molar-refractivity contribution in [2.75, 3.05) is 39.3 Å². The van der Waals surface area contributed by atoms with Gasteiger partial charge in [0.2, 0.25) is 5.75 Å². The van der Waals surface area contributed by atoms with Crippen molar-refractivity contribution in [2.45, 2.75) is 25.6 Å².